The van der Waals surface area contributed by atoms with E-state index in [-0.39, 0.29) is 23.7 Å². The number of ketones is 2. The standard InChI is InChI=1S/2C28H20O/c2*29-28-24-15-14-23(22-13-7-6-12-21(22)18-8-2-1-3-9-18)27(24)25-16-19-10-4-5-11-20(19)17-26(25)28/h2*1-14,16-17,24,27H,15H2/t2*24-,27+/m10/s1. The molecule has 4 atom stereocenters. The second-order valence-electron chi connectivity index (χ2n) is 16.1. The van der Waals surface area contributed by atoms with Crippen LogP contribution in [0.1, 0.15) is 67.6 Å². The molecule has 2 nitrogen and oxygen atoms in total. The van der Waals surface area contributed by atoms with Crippen LogP contribution >= 0.6 is 0 Å². The Bertz CT molecular complexity index is 2800. The average Bonchev–Trinajstić information content (AvgIpc) is 4.05. The zero-order valence-corrected chi connectivity index (χ0v) is 32.0. The molecular weight excluding hydrogens is 705 g/mol. The maximum atomic E-state index is 13.2. The summed E-state index contributed by atoms with van der Waals surface area (Å²) in [5, 5.41) is 4.72. The SMILES string of the molecule is O=C1c2cc3ccccc3cc2[C@@H]2C(c3ccccc3-c3ccccc3)=CC[C@H]12.O=C1c2cc3ccccc3cc2[C@H]2C(c3ccccc3-c3ccccc3)=CC[C@@H]12. The van der Waals surface area contributed by atoms with E-state index in [0.717, 1.165) is 34.7 Å². The number of carbonyl (C=O) groups is 2. The molecule has 0 fully saturated rings. The van der Waals surface area contributed by atoms with Crippen LogP contribution in [-0.2, 0) is 0 Å². The number of benzene rings is 8. The van der Waals surface area contributed by atoms with Crippen LogP contribution in [0.5, 0.6) is 0 Å². The van der Waals surface area contributed by atoms with Crippen LogP contribution in [0.15, 0.2) is 194 Å². The number of Topliss-reactive ketones (excluding diaryl/α,β-unsaturated/α-hetero) is 2. The average molecular weight is 745 g/mol. The van der Waals surface area contributed by atoms with Crippen molar-refractivity contribution in [3.8, 4) is 22.3 Å². The number of hydrogen-bond acceptors (Lipinski definition) is 2. The highest BCUT2D eigenvalue weighted by Gasteiger charge is 2.46. The lowest BCUT2D eigenvalue weighted by atomic mass is 9.84. The molecule has 0 unspecified atom stereocenters. The minimum absolute atomic E-state index is 0.0423. The van der Waals surface area contributed by atoms with E-state index in [1.54, 1.807) is 0 Å². The van der Waals surface area contributed by atoms with Gasteiger partial charge in [0.05, 0.1) is 0 Å². The van der Waals surface area contributed by atoms with Gasteiger partial charge in [-0.1, -0.05) is 170 Å². The Balaban J connectivity index is 0.000000133. The summed E-state index contributed by atoms with van der Waals surface area (Å²) in [5.74, 6) is 1.01. The van der Waals surface area contributed by atoms with Crippen LogP contribution in [0, 0.1) is 11.8 Å². The fraction of sp³-hybridized carbons (Fsp3) is 0.107. The molecule has 0 aromatic heterocycles. The molecule has 0 aliphatic heterocycles. The van der Waals surface area contributed by atoms with Crippen molar-refractivity contribution in [1.29, 1.82) is 0 Å². The van der Waals surface area contributed by atoms with Gasteiger partial charge in [0.15, 0.2) is 11.6 Å². The fourth-order valence-corrected chi connectivity index (χ4v) is 10.4. The second kappa shape index (κ2) is 13.9. The van der Waals surface area contributed by atoms with E-state index >= 15 is 0 Å². The first-order valence-electron chi connectivity index (χ1n) is 20.5. The molecule has 0 radical (unpaired) electrons. The topological polar surface area (TPSA) is 34.1 Å². The van der Waals surface area contributed by atoms with Crippen molar-refractivity contribution < 1.29 is 9.59 Å². The van der Waals surface area contributed by atoms with Gasteiger partial charge in [-0.3, -0.25) is 9.59 Å². The highest BCUT2D eigenvalue weighted by atomic mass is 16.1. The van der Waals surface area contributed by atoms with Crippen LogP contribution in [0.2, 0.25) is 0 Å². The number of hydrogen-bond donors (Lipinski definition) is 0. The molecule has 276 valence electrons. The molecule has 4 aliphatic carbocycles. The lowest BCUT2D eigenvalue weighted by molar-refractivity contribution is 0.0929. The van der Waals surface area contributed by atoms with Gasteiger partial charge in [0.1, 0.15) is 0 Å². The summed E-state index contributed by atoms with van der Waals surface area (Å²) in [5.41, 5.74) is 14.3. The molecule has 0 heterocycles. The first-order chi connectivity index (χ1) is 28.6. The first-order valence-corrected chi connectivity index (χ1v) is 20.5. The van der Waals surface area contributed by atoms with Crippen molar-refractivity contribution in [2.75, 3.05) is 0 Å². The largest absolute Gasteiger partial charge is 0.294 e. The summed E-state index contributed by atoms with van der Waals surface area (Å²) in [6.07, 6.45) is 6.25. The van der Waals surface area contributed by atoms with Gasteiger partial charge < -0.3 is 0 Å². The molecular formula is C56H40O2. The minimum atomic E-state index is 0.0423. The third-order valence-corrected chi connectivity index (χ3v) is 13.0. The molecule has 8 aromatic carbocycles. The Morgan fingerprint density at radius 2 is 0.655 bits per heavy atom. The Labute approximate surface area is 338 Å². The van der Waals surface area contributed by atoms with Gasteiger partial charge in [-0.05, 0) is 114 Å². The van der Waals surface area contributed by atoms with Crippen LogP contribution < -0.4 is 0 Å². The van der Waals surface area contributed by atoms with Crippen molar-refractivity contribution in [3.63, 3.8) is 0 Å². The van der Waals surface area contributed by atoms with Crippen molar-refractivity contribution >= 4 is 44.3 Å². The molecule has 12 rings (SSSR count). The molecule has 4 aliphatic rings. The summed E-state index contributed by atoms with van der Waals surface area (Å²) < 4.78 is 0. The van der Waals surface area contributed by atoms with E-state index in [1.807, 2.05) is 24.3 Å². The molecule has 0 bridgehead atoms. The predicted octanol–water partition coefficient (Wildman–Crippen LogP) is 13.8. The van der Waals surface area contributed by atoms with Gasteiger partial charge >= 0.3 is 0 Å². The third-order valence-electron chi connectivity index (χ3n) is 13.0. The smallest absolute Gasteiger partial charge is 0.167 e. The molecule has 0 saturated heterocycles. The number of allylic oxidation sites excluding steroid dienone is 4. The van der Waals surface area contributed by atoms with E-state index in [0.29, 0.717) is 11.6 Å². The molecule has 2 heteroatoms. The maximum Gasteiger partial charge on any atom is 0.167 e. The maximum absolute atomic E-state index is 13.2. The van der Waals surface area contributed by atoms with Gasteiger partial charge in [0, 0.05) is 34.8 Å². The van der Waals surface area contributed by atoms with Gasteiger partial charge in [-0.2, -0.15) is 0 Å². The number of carbonyl (C=O) groups excluding carboxylic acids is 2. The van der Waals surface area contributed by atoms with Crippen LogP contribution in [0.25, 0.3) is 54.9 Å². The predicted molar refractivity (Wildman–Crippen MR) is 238 cm³/mol. The zero-order valence-electron chi connectivity index (χ0n) is 32.0. The Kier molecular flexibility index (Phi) is 8.25. The molecule has 0 N–H and O–H groups in total. The van der Waals surface area contributed by atoms with Crippen molar-refractivity contribution in [2.24, 2.45) is 11.8 Å². The highest BCUT2D eigenvalue weighted by molar-refractivity contribution is 6.11. The van der Waals surface area contributed by atoms with E-state index in [4.69, 9.17) is 0 Å². The van der Waals surface area contributed by atoms with Gasteiger partial charge in [-0.15, -0.1) is 0 Å². The Morgan fingerprint density at radius 1 is 0.328 bits per heavy atom. The van der Waals surface area contributed by atoms with Gasteiger partial charge in [-0.25, -0.2) is 0 Å². The van der Waals surface area contributed by atoms with Crippen LogP contribution in [-0.4, -0.2) is 11.6 Å². The van der Waals surface area contributed by atoms with Crippen molar-refractivity contribution in [3.05, 3.63) is 228 Å². The van der Waals surface area contributed by atoms with Crippen LogP contribution in [0.4, 0.5) is 0 Å². The van der Waals surface area contributed by atoms with E-state index in [9.17, 15) is 9.59 Å². The summed E-state index contributed by atoms with van der Waals surface area (Å²) in [4.78, 5) is 26.4. The van der Waals surface area contributed by atoms with E-state index < -0.39 is 0 Å². The molecule has 0 spiro atoms. The van der Waals surface area contributed by atoms with Crippen molar-refractivity contribution in [2.45, 2.75) is 24.7 Å². The number of rotatable bonds is 4. The monoisotopic (exact) mass is 744 g/mol. The van der Waals surface area contributed by atoms with Crippen LogP contribution in [0.3, 0.4) is 0 Å². The lowest BCUT2D eigenvalue weighted by Crippen LogP contribution is -2.09. The first kappa shape index (κ1) is 34.4. The normalized spacial score (nSPS) is 19.9. The van der Waals surface area contributed by atoms with Gasteiger partial charge in [0.2, 0.25) is 0 Å². The molecule has 8 aromatic rings. The minimum Gasteiger partial charge on any atom is -0.294 e. The Morgan fingerprint density at radius 3 is 1.05 bits per heavy atom. The quantitative estimate of drug-likeness (QED) is 0.180. The molecule has 58 heavy (non-hydrogen) atoms. The summed E-state index contributed by atoms with van der Waals surface area (Å²) in [6, 6.07) is 63.7. The zero-order chi connectivity index (χ0) is 38.7. The number of fused-ring (bicyclic) bond motifs is 8. The van der Waals surface area contributed by atoms with E-state index in [2.05, 4.69) is 170 Å². The summed E-state index contributed by atoms with van der Waals surface area (Å²) in [7, 11) is 0. The summed E-state index contributed by atoms with van der Waals surface area (Å²) >= 11 is 0. The Hall–Kier alpha value is -6.90. The molecule has 0 amide bonds. The molecule has 0 saturated carbocycles. The third kappa shape index (κ3) is 5.55. The van der Waals surface area contributed by atoms with Crippen molar-refractivity contribution in [1.82, 2.24) is 0 Å². The van der Waals surface area contributed by atoms with Gasteiger partial charge in [0.25, 0.3) is 0 Å². The summed E-state index contributed by atoms with van der Waals surface area (Å²) in [6.45, 7) is 0. The van der Waals surface area contributed by atoms with E-state index in [1.165, 1.54) is 66.4 Å². The highest BCUT2D eigenvalue weighted by Crippen LogP contribution is 2.55. The lowest BCUT2D eigenvalue weighted by Gasteiger charge is -2.19. The second-order valence-corrected chi connectivity index (χ2v) is 16.1. The fourth-order valence-electron chi connectivity index (χ4n) is 10.4.